The van der Waals surface area contributed by atoms with Crippen LogP contribution in [0.25, 0.3) is 0 Å². The third-order valence-corrected chi connectivity index (χ3v) is 5.50. The molecule has 7 nitrogen and oxygen atoms in total. The van der Waals surface area contributed by atoms with Gasteiger partial charge >= 0.3 is 0 Å². The first-order valence-corrected chi connectivity index (χ1v) is 9.24. The number of nitro benzene ring substituents is 1. The van der Waals surface area contributed by atoms with Crippen LogP contribution in [-0.2, 0) is 10.0 Å². The first-order chi connectivity index (χ1) is 10.7. The van der Waals surface area contributed by atoms with Crippen LogP contribution in [0, 0.1) is 16.0 Å². The van der Waals surface area contributed by atoms with Gasteiger partial charge in [0, 0.05) is 25.2 Å². The van der Waals surface area contributed by atoms with E-state index in [1.165, 1.54) is 6.07 Å². The second-order valence-corrected chi connectivity index (χ2v) is 8.09. The molecule has 1 N–H and O–H groups in total. The van der Waals surface area contributed by atoms with Gasteiger partial charge in [0.15, 0.2) is 0 Å². The quantitative estimate of drug-likeness (QED) is 0.656. The maximum Gasteiger partial charge on any atom is 0.293 e. The van der Waals surface area contributed by atoms with Gasteiger partial charge in [0.05, 0.1) is 9.82 Å². The summed E-state index contributed by atoms with van der Waals surface area (Å²) in [7, 11) is -3.75. The second-order valence-electron chi connectivity index (χ2n) is 6.38. The zero-order chi connectivity index (χ0) is 17.2. The number of anilines is 1. The van der Waals surface area contributed by atoms with Crippen LogP contribution < -0.4 is 9.62 Å². The summed E-state index contributed by atoms with van der Waals surface area (Å²) in [6.45, 7) is 7.02. The van der Waals surface area contributed by atoms with E-state index in [-0.39, 0.29) is 16.6 Å². The summed E-state index contributed by atoms with van der Waals surface area (Å²) in [5, 5.41) is 11.4. The zero-order valence-corrected chi connectivity index (χ0v) is 14.5. The average Bonchev–Trinajstić information content (AvgIpc) is 2.45. The van der Waals surface area contributed by atoms with Crippen molar-refractivity contribution in [2.45, 2.75) is 44.6 Å². The highest BCUT2D eigenvalue weighted by atomic mass is 32.2. The van der Waals surface area contributed by atoms with Crippen LogP contribution in [0.15, 0.2) is 23.1 Å². The Kier molecular flexibility index (Phi) is 5.26. The van der Waals surface area contributed by atoms with Crippen molar-refractivity contribution in [2.24, 2.45) is 5.92 Å². The predicted molar refractivity (Wildman–Crippen MR) is 89.2 cm³/mol. The average molecular weight is 341 g/mol. The van der Waals surface area contributed by atoms with Gasteiger partial charge in [0.1, 0.15) is 5.69 Å². The van der Waals surface area contributed by atoms with Gasteiger partial charge in [-0.3, -0.25) is 10.1 Å². The minimum atomic E-state index is -3.75. The van der Waals surface area contributed by atoms with E-state index in [1.54, 1.807) is 19.9 Å². The highest BCUT2D eigenvalue weighted by Gasteiger charge is 2.26. The third-order valence-electron chi connectivity index (χ3n) is 3.84. The van der Waals surface area contributed by atoms with Gasteiger partial charge in [-0.1, -0.05) is 6.92 Å². The molecule has 2 rings (SSSR count). The summed E-state index contributed by atoms with van der Waals surface area (Å²) >= 11 is 0. The number of hydrogen-bond acceptors (Lipinski definition) is 5. The first-order valence-electron chi connectivity index (χ1n) is 7.76. The molecule has 0 unspecified atom stereocenters. The molecule has 0 aromatic heterocycles. The van der Waals surface area contributed by atoms with Crippen LogP contribution in [0.1, 0.15) is 33.6 Å². The fourth-order valence-corrected chi connectivity index (χ4v) is 4.14. The molecule has 23 heavy (non-hydrogen) atoms. The van der Waals surface area contributed by atoms with E-state index in [2.05, 4.69) is 11.6 Å². The maximum atomic E-state index is 12.2. The van der Waals surface area contributed by atoms with Crippen molar-refractivity contribution < 1.29 is 13.3 Å². The molecule has 1 saturated heterocycles. The first kappa shape index (κ1) is 17.7. The van der Waals surface area contributed by atoms with Crippen molar-refractivity contribution in [1.82, 2.24) is 4.72 Å². The Morgan fingerprint density at radius 1 is 1.39 bits per heavy atom. The topological polar surface area (TPSA) is 92.6 Å². The number of sulfonamides is 1. The summed E-state index contributed by atoms with van der Waals surface area (Å²) in [5.74, 6) is 0.467. The molecule has 1 fully saturated rings. The molecule has 128 valence electrons. The molecule has 0 radical (unpaired) electrons. The Labute approximate surface area is 136 Å². The molecule has 0 spiro atoms. The second kappa shape index (κ2) is 6.84. The minimum absolute atomic E-state index is 0.0771. The van der Waals surface area contributed by atoms with Crippen molar-refractivity contribution in [2.75, 3.05) is 18.0 Å². The lowest BCUT2D eigenvalue weighted by molar-refractivity contribution is -0.384. The molecule has 0 amide bonds. The monoisotopic (exact) mass is 341 g/mol. The highest BCUT2D eigenvalue weighted by molar-refractivity contribution is 7.89. The molecule has 0 saturated carbocycles. The molecular weight excluding hydrogens is 318 g/mol. The molecule has 1 heterocycles. The Morgan fingerprint density at radius 2 is 2.09 bits per heavy atom. The van der Waals surface area contributed by atoms with Crippen LogP contribution in [0.3, 0.4) is 0 Å². The summed E-state index contributed by atoms with van der Waals surface area (Å²) in [6.07, 6.45) is 2.09. The Balaban J connectivity index is 2.41. The molecule has 1 atom stereocenters. The summed E-state index contributed by atoms with van der Waals surface area (Å²) in [4.78, 5) is 12.8. The molecule has 1 aromatic carbocycles. The van der Waals surface area contributed by atoms with Crippen LogP contribution in [0.2, 0.25) is 0 Å². The van der Waals surface area contributed by atoms with Crippen molar-refractivity contribution >= 4 is 21.4 Å². The molecule has 1 aliphatic heterocycles. The number of piperidine rings is 1. The van der Waals surface area contributed by atoms with Crippen LogP contribution >= 0.6 is 0 Å². The number of rotatable bonds is 5. The summed E-state index contributed by atoms with van der Waals surface area (Å²) in [6, 6.07) is 3.86. The lowest BCUT2D eigenvalue weighted by Gasteiger charge is -2.32. The van der Waals surface area contributed by atoms with E-state index in [1.807, 2.05) is 4.90 Å². The lowest BCUT2D eigenvalue weighted by Crippen LogP contribution is -2.35. The van der Waals surface area contributed by atoms with E-state index in [0.717, 1.165) is 32.0 Å². The van der Waals surface area contributed by atoms with Gasteiger partial charge < -0.3 is 4.90 Å². The highest BCUT2D eigenvalue weighted by Crippen LogP contribution is 2.33. The van der Waals surface area contributed by atoms with Gasteiger partial charge in [0.25, 0.3) is 5.69 Å². The number of benzene rings is 1. The van der Waals surface area contributed by atoms with Gasteiger partial charge in [-0.2, -0.15) is 0 Å². The van der Waals surface area contributed by atoms with Crippen molar-refractivity contribution in [3.05, 3.63) is 28.3 Å². The van der Waals surface area contributed by atoms with Gasteiger partial charge in [-0.15, -0.1) is 0 Å². The van der Waals surface area contributed by atoms with E-state index >= 15 is 0 Å². The summed E-state index contributed by atoms with van der Waals surface area (Å²) < 4.78 is 26.9. The fourth-order valence-electron chi connectivity index (χ4n) is 2.87. The zero-order valence-electron chi connectivity index (χ0n) is 13.7. The molecule has 1 aromatic rings. The van der Waals surface area contributed by atoms with Gasteiger partial charge in [0.2, 0.25) is 10.0 Å². The summed E-state index contributed by atoms with van der Waals surface area (Å²) in [5.41, 5.74) is 0.329. The molecular formula is C15H23N3O4S. The number of nitro groups is 1. The van der Waals surface area contributed by atoms with Gasteiger partial charge in [-0.25, -0.2) is 13.1 Å². The largest absolute Gasteiger partial charge is 0.366 e. The molecule has 1 aliphatic rings. The smallest absolute Gasteiger partial charge is 0.293 e. The van der Waals surface area contributed by atoms with E-state index in [4.69, 9.17) is 0 Å². The minimum Gasteiger partial charge on any atom is -0.366 e. The Hall–Kier alpha value is -1.67. The SMILES string of the molecule is CC(C)NS(=O)(=O)c1ccc(N2CCC[C@@H](C)C2)c([N+](=O)[O-])c1. The Bertz CT molecular complexity index is 688. The standard InChI is InChI=1S/C15H23N3O4S/c1-11(2)16-23(21,22)13-6-7-14(15(9-13)18(19)20)17-8-4-5-12(3)10-17/h6-7,9,11-12,16H,4-5,8,10H2,1-3H3/t12-/m1/s1. The van der Waals surface area contributed by atoms with Crippen LogP contribution in [0.4, 0.5) is 11.4 Å². The maximum absolute atomic E-state index is 12.2. The van der Waals surface area contributed by atoms with E-state index in [9.17, 15) is 18.5 Å². The number of nitrogens with one attached hydrogen (secondary N) is 1. The number of nitrogens with zero attached hydrogens (tertiary/aromatic N) is 2. The van der Waals surface area contributed by atoms with Crippen LogP contribution in [-0.4, -0.2) is 32.5 Å². The van der Waals surface area contributed by atoms with E-state index in [0.29, 0.717) is 11.6 Å². The molecule has 0 bridgehead atoms. The van der Waals surface area contributed by atoms with Crippen molar-refractivity contribution in [1.29, 1.82) is 0 Å². The normalized spacial score (nSPS) is 19.1. The van der Waals surface area contributed by atoms with Crippen LogP contribution in [0.5, 0.6) is 0 Å². The predicted octanol–water partition coefficient (Wildman–Crippen LogP) is 2.52. The van der Waals surface area contributed by atoms with E-state index < -0.39 is 14.9 Å². The fraction of sp³-hybridized carbons (Fsp3) is 0.600. The van der Waals surface area contributed by atoms with Gasteiger partial charge in [-0.05, 0) is 44.7 Å². The third kappa shape index (κ3) is 4.20. The Morgan fingerprint density at radius 3 is 2.65 bits per heavy atom. The molecule has 0 aliphatic carbocycles. The molecule has 8 heteroatoms. The van der Waals surface area contributed by atoms with Crippen molar-refractivity contribution in [3.8, 4) is 0 Å². The number of hydrogen-bond donors (Lipinski definition) is 1. The van der Waals surface area contributed by atoms with Crippen molar-refractivity contribution in [3.63, 3.8) is 0 Å². The lowest BCUT2D eigenvalue weighted by atomic mass is 9.99.